The van der Waals surface area contributed by atoms with Crippen LogP contribution in [0, 0.1) is 0 Å². The molecule has 3 aromatic heterocycles. The lowest BCUT2D eigenvalue weighted by Crippen LogP contribution is -2.12. The summed E-state index contributed by atoms with van der Waals surface area (Å²) in [5.74, 6) is 0.250. The zero-order valence-corrected chi connectivity index (χ0v) is 15.9. The molecule has 0 aliphatic heterocycles. The molecule has 28 heavy (non-hydrogen) atoms. The number of aryl methyl sites for hydroxylation is 1. The molecule has 7 nitrogen and oxygen atoms in total. The second-order valence-electron chi connectivity index (χ2n) is 6.97. The molecule has 0 spiro atoms. The van der Waals surface area contributed by atoms with Gasteiger partial charge in [-0.25, -0.2) is 9.50 Å². The molecule has 1 aliphatic rings. The molecule has 0 radical (unpaired) electrons. The molecular formula is C20H17ClN6O. The average Bonchev–Trinajstić information content (AvgIpc) is 3.33. The highest BCUT2D eigenvalue weighted by Gasteiger charge is 2.28. The molecule has 8 heteroatoms. The summed E-state index contributed by atoms with van der Waals surface area (Å²) in [7, 11) is 1.83. The highest BCUT2D eigenvalue weighted by Crippen LogP contribution is 2.46. The van der Waals surface area contributed by atoms with Crippen molar-refractivity contribution in [1.82, 2.24) is 24.4 Å². The van der Waals surface area contributed by atoms with E-state index in [-0.39, 0.29) is 5.91 Å². The summed E-state index contributed by atoms with van der Waals surface area (Å²) in [5.41, 5.74) is 4.44. The number of anilines is 1. The summed E-state index contributed by atoms with van der Waals surface area (Å²) in [6, 6.07) is 7.65. The Labute approximate surface area is 166 Å². The van der Waals surface area contributed by atoms with Crippen LogP contribution in [-0.2, 0) is 7.05 Å². The fourth-order valence-electron chi connectivity index (χ4n) is 3.44. The van der Waals surface area contributed by atoms with Crippen molar-refractivity contribution in [3.05, 3.63) is 65.2 Å². The molecular weight excluding hydrogens is 376 g/mol. The molecule has 4 aromatic rings. The number of nitrogens with zero attached hydrogens (tertiary/aromatic N) is 5. The second-order valence-corrected chi connectivity index (χ2v) is 7.41. The lowest BCUT2D eigenvalue weighted by Gasteiger charge is -2.10. The highest BCUT2D eigenvalue weighted by molar-refractivity contribution is 6.31. The van der Waals surface area contributed by atoms with E-state index in [9.17, 15) is 4.79 Å². The molecule has 1 N–H and O–H groups in total. The summed E-state index contributed by atoms with van der Waals surface area (Å²) < 4.78 is 3.26. The first kappa shape index (κ1) is 16.9. The second kappa shape index (κ2) is 6.45. The standard InChI is InChI=1S/C20H17ClN6O/c1-26-11-17(24-20(28)16-10-23-27-8-2-7-22-19(16)27)18(25-26)15-9-13(21)5-6-14(15)12-3-4-12/h2,5-12H,3-4H2,1H3,(H,24,28). The van der Waals surface area contributed by atoms with Crippen molar-refractivity contribution in [1.29, 1.82) is 0 Å². The highest BCUT2D eigenvalue weighted by atomic mass is 35.5. The summed E-state index contributed by atoms with van der Waals surface area (Å²) in [6.07, 6.45) is 9.03. The Bertz CT molecular complexity index is 1210. The van der Waals surface area contributed by atoms with Gasteiger partial charge in [0, 0.05) is 36.2 Å². The van der Waals surface area contributed by atoms with Gasteiger partial charge in [0.25, 0.3) is 5.91 Å². The van der Waals surface area contributed by atoms with Gasteiger partial charge < -0.3 is 5.32 Å². The Morgan fingerprint density at radius 2 is 2.18 bits per heavy atom. The molecule has 5 rings (SSSR count). The summed E-state index contributed by atoms with van der Waals surface area (Å²) in [5, 5.41) is 12.4. The zero-order chi connectivity index (χ0) is 19.3. The zero-order valence-electron chi connectivity index (χ0n) is 15.1. The van der Waals surface area contributed by atoms with Crippen molar-refractivity contribution in [3.63, 3.8) is 0 Å². The number of fused-ring (bicyclic) bond motifs is 1. The first-order chi connectivity index (χ1) is 13.6. The SMILES string of the molecule is Cn1cc(NC(=O)c2cnn3cccnc23)c(-c2cc(Cl)ccc2C2CC2)n1. The molecule has 0 atom stereocenters. The van der Waals surface area contributed by atoms with Gasteiger partial charge in [0.2, 0.25) is 0 Å². The predicted octanol–water partition coefficient (Wildman–Crippen LogP) is 3.91. The molecule has 140 valence electrons. The molecule has 3 heterocycles. The van der Waals surface area contributed by atoms with Gasteiger partial charge >= 0.3 is 0 Å². The van der Waals surface area contributed by atoms with E-state index < -0.39 is 0 Å². The minimum absolute atomic E-state index is 0.280. The number of rotatable bonds is 4. The van der Waals surface area contributed by atoms with E-state index in [0.29, 0.717) is 33.5 Å². The maximum absolute atomic E-state index is 12.9. The van der Waals surface area contributed by atoms with Crippen molar-refractivity contribution in [2.75, 3.05) is 5.32 Å². The Hall–Kier alpha value is -3.19. The van der Waals surface area contributed by atoms with Crippen LogP contribution in [0.4, 0.5) is 5.69 Å². The minimum Gasteiger partial charge on any atom is -0.319 e. The molecule has 1 saturated carbocycles. The van der Waals surface area contributed by atoms with Gasteiger partial charge in [-0.15, -0.1) is 0 Å². The van der Waals surface area contributed by atoms with Crippen LogP contribution in [0.1, 0.15) is 34.7 Å². The Kier molecular flexibility index (Phi) is 3.91. The quantitative estimate of drug-likeness (QED) is 0.571. The lowest BCUT2D eigenvalue weighted by atomic mass is 10.00. The molecule has 0 bridgehead atoms. The predicted molar refractivity (Wildman–Crippen MR) is 107 cm³/mol. The third kappa shape index (κ3) is 2.93. The van der Waals surface area contributed by atoms with Crippen LogP contribution >= 0.6 is 11.6 Å². The first-order valence-corrected chi connectivity index (χ1v) is 9.41. The topological polar surface area (TPSA) is 77.1 Å². The van der Waals surface area contributed by atoms with Gasteiger partial charge in [-0.3, -0.25) is 9.48 Å². The number of hydrogen-bond acceptors (Lipinski definition) is 4. The molecule has 0 saturated heterocycles. The van der Waals surface area contributed by atoms with Crippen molar-refractivity contribution in [2.24, 2.45) is 7.05 Å². The number of hydrogen-bond donors (Lipinski definition) is 1. The van der Waals surface area contributed by atoms with Crippen molar-refractivity contribution < 1.29 is 4.79 Å². The van der Waals surface area contributed by atoms with E-state index in [1.165, 1.54) is 11.8 Å². The first-order valence-electron chi connectivity index (χ1n) is 9.03. The van der Waals surface area contributed by atoms with Crippen molar-refractivity contribution in [3.8, 4) is 11.3 Å². The number of nitrogens with one attached hydrogen (secondary N) is 1. The maximum Gasteiger partial charge on any atom is 0.261 e. The van der Waals surface area contributed by atoms with Crippen LogP contribution in [0.25, 0.3) is 16.9 Å². The van der Waals surface area contributed by atoms with Gasteiger partial charge in [-0.05, 0) is 42.5 Å². The molecule has 1 aromatic carbocycles. The molecule has 1 amide bonds. The Balaban J connectivity index is 1.54. The fourth-order valence-corrected chi connectivity index (χ4v) is 3.61. The minimum atomic E-state index is -0.280. The average molecular weight is 393 g/mol. The van der Waals surface area contributed by atoms with Crippen molar-refractivity contribution >= 4 is 28.8 Å². The molecule has 1 aliphatic carbocycles. The van der Waals surface area contributed by atoms with Crippen LogP contribution in [0.2, 0.25) is 5.02 Å². The number of aromatic nitrogens is 5. The Morgan fingerprint density at radius 1 is 1.32 bits per heavy atom. The van der Waals surface area contributed by atoms with Gasteiger partial charge in [-0.1, -0.05) is 17.7 Å². The van der Waals surface area contributed by atoms with Crippen molar-refractivity contribution in [2.45, 2.75) is 18.8 Å². The smallest absolute Gasteiger partial charge is 0.261 e. The third-order valence-corrected chi connectivity index (χ3v) is 5.12. The van der Waals surface area contributed by atoms with Gasteiger partial charge in [-0.2, -0.15) is 10.2 Å². The monoisotopic (exact) mass is 392 g/mol. The maximum atomic E-state index is 12.9. The normalized spacial score (nSPS) is 13.8. The van der Waals surface area contributed by atoms with Gasteiger partial charge in [0.1, 0.15) is 11.3 Å². The van der Waals surface area contributed by atoms with E-state index in [1.54, 1.807) is 33.9 Å². The third-order valence-electron chi connectivity index (χ3n) is 4.89. The Morgan fingerprint density at radius 3 is 3.00 bits per heavy atom. The molecule has 0 unspecified atom stereocenters. The van der Waals surface area contributed by atoms with Crippen LogP contribution < -0.4 is 5.32 Å². The van der Waals surface area contributed by atoms with Crippen LogP contribution in [0.15, 0.2) is 49.1 Å². The number of amides is 1. The van der Waals surface area contributed by atoms with Crippen LogP contribution in [-0.4, -0.2) is 30.3 Å². The summed E-state index contributed by atoms with van der Waals surface area (Å²) >= 11 is 6.26. The largest absolute Gasteiger partial charge is 0.319 e. The number of carbonyl (C=O) groups is 1. The van der Waals surface area contributed by atoms with Crippen LogP contribution in [0.3, 0.4) is 0 Å². The van der Waals surface area contributed by atoms with Gasteiger partial charge in [0.05, 0.1) is 11.9 Å². The molecule has 1 fully saturated rings. The van der Waals surface area contributed by atoms with E-state index in [0.717, 1.165) is 18.4 Å². The summed E-state index contributed by atoms with van der Waals surface area (Å²) in [4.78, 5) is 17.2. The van der Waals surface area contributed by atoms with E-state index in [2.05, 4.69) is 26.6 Å². The van der Waals surface area contributed by atoms with Crippen LogP contribution in [0.5, 0.6) is 0 Å². The van der Waals surface area contributed by atoms with E-state index >= 15 is 0 Å². The number of carbonyl (C=O) groups excluding carboxylic acids is 1. The van der Waals surface area contributed by atoms with E-state index in [4.69, 9.17) is 11.6 Å². The van der Waals surface area contributed by atoms with Gasteiger partial charge in [0.15, 0.2) is 5.65 Å². The fraction of sp³-hybridized carbons (Fsp3) is 0.200. The van der Waals surface area contributed by atoms with E-state index in [1.807, 2.05) is 19.2 Å². The lowest BCUT2D eigenvalue weighted by molar-refractivity contribution is 0.102. The number of halogens is 1. The number of benzene rings is 1. The summed E-state index contributed by atoms with van der Waals surface area (Å²) in [6.45, 7) is 0.